The molecule has 96 valence electrons. The van der Waals surface area contributed by atoms with Crippen molar-refractivity contribution in [3.05, 3.63) is 28.8 Å². The van der Waals surface area contributed by atoms with E-state index >= 15 is 0 Å². The number of hydrogen-bond donors (Lipinski definition) is 1. The number of nitrogens with two attached hydrogens (primary N) is 1. The molecule has 1 aromatic rings. The van der Waals surface area contributed by atoms with Gasteiger partial charge in [0.15, 0.2) is 0 Å². The van der Waals surface area contributed by atoms with Crippen LogP contribution in [0.4, 0.5) is 0 Å². The summed E-state index contributed by atoms with van der Waals surface area (Å²) < 4.78 is 5.60. The zero-order chi connectivity index (χ0) is 13.0. The number of aryl methyl sites for hydroxylation is 2. The predicted molar refractivity (Wildman–Crippen MR) is 72.6 cm³/mol. The maximum absolute atomic E-state index is 5.85. The van der Waals surface area contributed by atoms with E-state index in [-0.39, 0.29) is 6.04 Å². The molecule has 0 saturated carbocycles. The third kappa shape index (κ3) is 3.20. The van der Waals surface area contributed by atoms with Crippen LogP contribution < -0.4 is 10.5 Å². The van der Waals surface area contributed by atoms with Gasteiger partial charge < -0.3 is 15.4 Å². The van der Waals surface area contributed by atoms with Gasteiger partial charge in [0.05, 0.1) is 6.61 Å². The van der Waals surface area contributed by atoms with Crippen LogP contribution in [-0.2, 0) is 0 Å². The fraction of sp³-hybridized carbons (Fsp3) is 0.571. The molecular weight excluding hydrogens is 212 g/mol. The number of nitrogens with zero attached hydrogens (tertiary/aromatic N) is 1. The quantitative estimate of drug-likeness (QED) is 0.852. The molecule has 1 rings (SSSR count). The Labute approximate surface area is 105 Å². The molecule has 0 saturated heterocycles. The van der Waals surface area contributed by atoms with Crippen molar-refractivity contribution in [3.63, 3.8) is 0 Å². The van der Waals surface area contributed by atoms with Gasteiger partial charge >= 0.3 is 0 Å². The van der Waals surface area contributed by atoms with Gasteiger partial charge in [0.2, 0.25) is 0 Å². The minimum atomic E-state index is 0.268. The Bertz CT molecular complexity index is 375. The lowest BCUT2D eigenvalue weighted by molar-refractivity contribution is 0.303. The average molecular weight is 236 g/mol. The first-order valence-corrected chi connectivity index (χ1v) is 6.11. The number of hydrogen-bond acceptors (Lipinski definition) is 3. The molecule has 0 aliphatic heterocycles. The fourth-order valence-corrected chi connectivity index (χ4v) is 2.10. The van der Waals surface area contributed by atoms with Crippen molar-refractivity contribution in [2.45, 2.75) is 26.8 Å². The van der Waals surface area contributed by atoms with E-state index in [1.54, 1.807) is 0 Å². The maximum Gasteiger partial charge on any atom is 0.122 e. The third-order valence-electron chi connectivity index (χ3n) is 3.07. The van der Waals surface area contributed by atoms with Gasteiger partial charge in [-0.3, -0.25) is 0 Å². The highest BCUT2D eigenvalue weighted by Gasteiger charge is 2.16. The molecule has 3 heteroatoms. The zero-order valence-electron chi connectivity index (χ0n) is 11.6. The van der Waals surface area contributed by atoms with E-state index < -0.39 is 0 Å². The average Bonchev–Trinajstić information content (AvgIpc) is 2.25. The molecule has 0 amide bonds. The topological polar surface area (TPSA) is 38.5 Å². The van der Waals surface area contributed by atoms with Crippen molar-refractivity contribution in [1.29, 1.82) is 0 Å². The molecule has 2 N–H and O–H groups in total. The molecule has 1 unspecified atom stereocenters. The lowest BCUT2D eigenvalue weighted by Crippen LogP contribution is -2.27. The van der Waals surface area contributed by atoms with E-state index in [0.29, 0.717) is 13.2 Å². The van der Waals surface area contributed by atoms with E-state index in [9.17, 15) is 0 Å². The van der Waals surface area contributed by atoms with Crippen LogP contribution in [0.2, 0.25) is 0 Å². The van der Waals surface area contributed by atoms with Crippen molar-refractivity contribution in [3.8, 4) is 5.75 Å². The molecule has 0 spiro atoms. The molecule has 0 bridgehead atoms. The van der Waals surface area contributed by atoms with Crippen LogP contribution in [0.15, 0.2) is 12.1 Å². The van der Waals surface area contributed by atoms with Gasteiger partial charge in [0.25, 0.3) is 0 Å². The van der Waals surface area contributed by atoms with Crippen molar-refractivity contribution in [2.75, 3.05) is 27.2 Å². The Morgan fingerprint density at radius 2 is 1.88 bits per heavy atom. The van der Waals surface area contributed by atoms with Crippen molar-refractivity contribution < 1.29 is 4.74 Å². The smallest absolute Gasteiger partial charge is 0.122 e. The fourth-order valence-electron chi connectivity index (χ4n) is 2.10. The Kier molecular flexibility index (Phi) is 4.97. The minimum Gasteiger partial charge on any atom is -0.494 e. The van der Waals surface area contributed by atoms with Gasteiger partial charge in [-0.1, -0.05) is 6.07 Å². The van der Waals surface area contributed by atoms with Gasteiger partial charge in [-0.25, -0.2) is 0 Å². The minimum absolute atomic E-state index is 0.268. The van der Waals surface area contributed by atoms with Crippen LogP contribution in [0.1, 0.15) is 29.7 Å². The molecule has 1 atom stereocenters. The molecule has 0 aromatic heterocycles. The molecule has 0 heterocycles. The normalized spacial score (nSPS) is 12.9. The summed E-state index contributed by atoms with van der Waals surface area (Å²) in [7, 11) is 4.12. The summed E-state index contributed by atoms with van der Waals surface area (Å²) in [6, 6.07) is 4.57. The van der Waals surface area contributed by atoms with Crippen LogP contribution in [0.5, 0.6) is 5.75 Å². The molecule has 0 aliphatic rings. The van der Waals surface area contributed by atoms with Gasteiger partial charge in [-0.05, 0) is 57.6 Å². The summed E-state index contributed by atoms with van der Waals surface area (Å²) in [5, 5.41) is 0. The number of likely N-dealkylation sites (N-methyl/N-ethyl adjacent to an activating group) is 1. The zero-order valence-corrected chi connectivity index (χ0v) is 11.6. The summed E-state index contributed by atoms with van der Waals surface area (Å²) in [6.07, 6.45) is 0. The van der Waals surface area contributed by atoms with Gasteiger partial charge in [-0.2, -0.15) is 0 Å². The highest BCUT2D eigenvalue weighted by molar-refractivity contribution is 5.43. The Hall–Kier alpha value is -1.06. The Morgan fingerprint density at radius 3 is 2.35 bits per heavy atom. The van der Waals surface area contributed by atoms with E-state index in [4.69, 9.17) is 10.5 Å². The summed E-state index contributed by atoms with van der Waals surface area (Å²) in [6.45, 7) is 7.53. The van der Waals surface area contributed by atoms with E-state index in [0.717, 1.165) is 5.75 Å². The predicted octanol–water partition coefficient (Wildman–Crippen LogP) is 2.26. The first-order valence-electron chi connectivity index (χ1n) is 6.11. The highest BCUT2D eigenvalue weighted by atomic mass is 16.5. The maximum atomic E-state index is 5.85. The van der Waals surface area contributed by atoms with Gasteiger partial charge in [-0.15, -0.1) is 0 Å². The molecule has 1 aromatic carbocycles. The second kappa shape index (κ2) is 6.03. The SMILES string of the molecule is CCOc1cc(C)c(C(CN)N(C)C)cc1C. The third-order valence-corrected chi connectivity index (χ3v) is 3.07. The molecule has 0 aliphatic carbocycles. The second-order valence-corrected chi connectivity index (χ2v) is 4.62. The largest absolute Gasteiger partial charge is 0.494 e. The lowest BCUT2D eigenvalue weighted by atomic mass is 9.97. The molecule has 17 heavy (non-hydrogen) atoms. The summed E-state index contributed by atoms with van der Waals surface area (Å²) in [5.74, 6) is 0.975. The number of benzene rings is 1. The lowest BCUT2D eigenvalue weighted by Gasteiger charge is -2.25. The first kappa shape index (κ1) is 14.0. The van der Waals surface area contributed by atoms with Crippen molar-refractivity contribution >= 4 is 0 Å². The van der Waals surface area contributed by atoms with Crippen molar-refractivity contribution in [2.24, 2.45) is 5.73 Å². The van der Waals surface area contributed by atoms with Crippen LogP contribution >= 0.6 is 0 Å². The van der Waals surface area contributed by atoms with E-state index in [1.807, 2.05) is 6.92 Å². The van der Waals surface area contributed by atoms with E-state index in [2.05, 4.69) is 45.0 Å². The monoisotopic (exact) mass is 236 g/mol. The van der Waals surface area contributed by atoms with Crippen LogP contribution in [-0.4, -0.2) is 32.1 Å². The molecule has 0 radical (unpaired) electrons. The Morgan fingerprint density at radius 1 is 1.24 bits per heavy atom. The highest BCUT2D eigenvalue weighted by Crippen LogP contribution is 2.28. The molecule has 0 fully saturated rings. The van der Waals surface area contributed by atoms with Gasteiger partial charge in [0, 0.05) is 12.6 Å². The van der Waals surface area contributed by atoms with Gasteiger partial charge in [0.1, 0.15) is 5.75 Å². The molecular formula is C14H24N2O. The standard InChI is InChI=1S/C14H24N2O/c1-6-17-14-8-10(2)12(7-11(14)3)13(9-15)16(4)5/h7-8,13H,6,9,15H2,1-5H3. The summed E-state index contributed by atoms with van der Waals surface area (Å²) in [4.78, 5) is 2.15. The van der Waals surface area contributed by atoms with E-state index in [1.165, 1.54) is 16.7 Å². The van der Waals surface area contributed by atoms with Crippen LogP contribution in [0.25, 0.3) is 0 Å². The van der Waals surface area contributed by atoms with Crippen LogP contribution in [0, 0.1) is 13.8 Å². The van der Waals surface area contributed by atoms with Crippen molar-refractivity contribution in [1.82, 2.24) is 4.90 Å². The number of rotatable bonds is 5. The first-order chi connectivity index (χ1) is 8.01. The number of ether oxygens (including phenoxy) is 1. The molecule has 3 nitrogen and oxygen atoms in total. The Balaban J connectivity index is 3.13. The summed E-state index contributed by atoms with van der Waals surface area (Å²) >= 11 is 0. The summed E-state index contributed by atoms with van der Waals surface area (Å²) in [5.41, 5.74) is 9.55. The second-order valence-electron chi connectivity index (χ2n) is 4.62. The van der Waals surface area contributed by atoms with Crippen LogP contribution in [0.3, 0.4) is 0 Å².